The van der Waals surface area contributed by atoms with Gasteiger partial charge in [-0.1, -0.05) is 24.3 Å². The van der Waals surface area contributed by atoms with Gasteiger partial charge in [0.1, 0.15) is 11.5 Å². The fourth-order valence-electron chi connectivity index (χ4n) is 2.74. The van der Waals surface area contributed by atoms with E-state index in [0.29, 0.717) is 5.75 Å². The molecule has 1 saturated heterocycles. The summed E-state index contributed by atoms with van der Waals surface area (Å²) in [5.74, 6) is 1.33. The van der Waals surface area contributed by atoms with Crippen molar-refractivity contribution in [1.29, 1.82) is 0 Å². The highest BCUT2D eigenvalue weighted by atomic mass is 32.2. The van der Waals surface area contributed by atoms with Crippen molar-refractivity contribution in [3.8, 4) is 5.75 Å². The Bertz CT molecular complexity index is 571. The molecule has 0 bridgehead atoms. The van der Waals surface area contributed by atoms with Crippen molar-refractivity contribution in [2.75, 3.05) is 25.2 Å². The summed E-state index contributed by atoms with van der Waals surface area (Å²) in [7, 11) is 0.514. The molecule has 0 spiro atoms. The lowest BCUT2D eigenvalue weighted by Gasteiger charge is -2.25. The minimum absolute atomic E-state index is 0.0202. The van der Waals surface area contributed by atoms with Crippen LogP contribution in [0.15, 0.2) is 36.4 Å². The minimum Gasteiger partial charge on any atom is -0.497 e. The molecule has 2 atom stereocenters. The molecule has 0 N–H and O–H groups in total. The van der Waals surface area contributed by atoms with E-state index in [0.717, 1.165) is 30.7 Å². The van der Waals surface area contributed by atoms with Gasteiger partial charge in [0.15, 0.2) is 0 Å². The highest BCUT2D eigenvalue weighted by Crippen LogP contribution is 2.33. The monoisotopic (exact) mass is 321 g/mol. The van der Waals surface area contributed by atoms with Crippen molar-refractivity contribution in [1.82, 2.24) is 4.90 Å². The molecule has 0 aromatic heterocycles. The maximum absolute atomic E-state index is 12.4. The third kappa shape index (κ3) is 4.19. The summed E-state index contributed by atoms with van der Waals surface area (Å²) in [6.45, 7) is 2.62. The fraction of sp³-hybridized carbons (Fsp3) is 0.471. The van der Waals surface area contributed by atoms with Crippen molar-refractivity contribution < 1.29 is 13.7 Å². The van der Waals surface area contributed by atoms with Crippen LogP contribution in [-0.2, 0) is 15.6 Å². The summed E-state index contributed by atoms with van der Waals surface area (Å²) in [6, 6.07) is 7.92. The van der Waals surface area contributed by atoms with Gasteiger partial charge in [-0.15, -0.1) is 0 Å². The zero-order valence-electron chi connectivity index (χ0n) is 13.2. The maximum atomic E-state index is 12.4. The van der Waals surface area contributed by atoms with Gasteiger partial charge in [0.05, 0.1) is 13.2 Å². The van der Waals surface area contributed by atoms with E-state index < -0.39 is 10.8 Å². The number of carbonyl (C=O) groups is 1. The van der Waals surface area contributed by atoms with Crippen LogP contribution in [0.3, 0.4) is 0 Å². The Morgan fingerprint density at radius 3 is 3.05 bits per heavy atom. The van der Waals surface area contributed by atoms with Crippen LogP contribution in [0, 0.1) is 0 Å². The van der Waals surface area contributed by atoms with E-state index in [4.69, 9.17) is 4.74 Å². The summed E-state index contributed by atoms with van der Waals surface area (Å²) >= 11 is 0. The standard InChI is InChI=1S/C17H23NO3S/c1-3-4-11-22(20)13-17(19)18-10-6-9-16(18)14-7-5-8-15(12-14)21-2/h3-5,7-8,12,16H,6,9-11,13H2,1-2H3. The van der Waals surface area contributed by atoms with E-state index in [9.17, 15) is 9.00 Å². The fourth-order valence-corrected chi connectivity index (χ4v) is 3.71. The van der Waals surface area contributed by atoms with Gasteiger partial charge >= 0.3 is 0 Å². The summed E-state index contributed by atoms with van der Waals surface area (Å²) in [5.41, 5.74) is 1.09. The third-order valence-electron chi connectivity index (χ3n) is 3.85. The van der Waals surface area contributed by atoms with Crippen LogP contribution in [0.5, 0.6) is 5.75 Å². The molecule has 0 aliphatic carbocycles. The molecule has 1 amide bonds. The summed E-state index contributed by atoms with van der Waals surface area (Å²) < 4.78 is 17.2. The number of allylic oxidation sites excluding steroid dienone is 1. The highest BCUT2D eigenvalue weighted by Gasteiger charge is 2.30. The molecule has 2 rings (SSSR count). The normalized spacial score (nSPS) is 19.5. The van der Waals surface area contributed by atoms with E-state index >= 15 is 0 Å². The van der Waals surface area contributed by atoms with Crippen molar-refractivity contribution in [2.45, 2.75) is 25.8 Å². The van der Waals surface area contributed by atoms with Crippen LogP contribution < -0.4 is 4.74 Å². The predicted molar refractivity (Wildman–Crippen MR) is 89.4 cm³/mol. The van der Waals surface area contributed by atoms with Gasteiger partial charge < -0.3 is 9.64 Å². The average molecular weight is 321 g/mol. The van der Waals surface area contributed by atoms with Gasteiger partial charge in [-0.25, -0.2) is 0 Å². The van der Waals surface area contributed by atoms with Gasteiger partial charge in [0.25, 0.3) is 0 Å². The van der Waals surface area contributed by atoms with Crippen LogP contribution in [0.4, 0.5) is 0 Å². The molecule has 120 valence electrons. The molecule has 1 aromatic carbocycles. The van der Waals surface area contributed by atoms with Crippen LogP contribution >= 0.6 is 0 Å². The first-order chi connectivity index (χ1) is 10.7. The molecular weight excluding hydrogens is 298 g/mol. The number of benzene rings is 1. The largest absolute Gasteiger partial charge is 0.497 e. The quantitative estimate of drug-likeness (QED) is 0.757. The number of carbonyl (C=O) groups excluding carboxylic acids is 1. The molecule has 1 aliphatic rings. The van der Waals surface area contributed by atoms with E-state index in [1.54, 1.807) is 7.11 Å². The molecule has 22 heavy (non-hydrogen) atoms. The molecule has 4 nitrogen and oxygen atoms in total. The number of rotatable bonds is 6. The van der Waals surface area contributed by atoms with Crippen molar-refractivity contribution >= 4 is 16.7 Å². The molecule has 0 saturated carbocycles. The van der Waals surface area contributed by atoms with Crippen LogP contribution in [0.1, 0.15) is 31.4 Å². The Hall–Kier alpha value is -1.62. The lowest BCUT2D eigenvalue weighted by Crippen LogP contribution is -2.34. The average Bonchev–Trinajstić information content (AvgIpc) is 3.02. The van der Waals surface area contributed by atoms with E-state index in [2.05, 4.69) is 0 Å². The van der Waals surface area contributed by atoms with Crippen molar-refractivity contribution in [3.63, 3.8) is 0 Å². The van der Waals surface area contributed by atoms with E-state index in [1.165, 1.54) is 0 Å². The first kappa shape index (κ1) is 16.7. The smallest absolute Gasteiger partial charge is 0.235 e. The Morgan fingerprint density at radius 2 is 2.32 bits per heavy atom. The molecule has 5 heteroatoms. The van der Waals surface area contributed by atoms with Gasteiger partial charge in [-0.3, -0.25) is 9.00 Å². The maximum Gasteiger partial charge on any atom is 0.235 e. The van der Waals surface area contributed by atoms with Crippen molar-refractivity contribution in [3.05, 3.63) is 42.0 Å². The lowest BCUT2D eigenvalue weighted by molar-refractivity contribution is -0.129. The zero-order valence-corrected chi connectivity index (χ0v) is 14.0. The SMILES string of the molecule is CC=CCS(=O)CC(=O)N1CCCC1c1cccc(OC)c1. The van der Waals surface area contributed by atoms with Crippen molar-refractivity contribution in [2.24, 2.45) is 0 Å². The number of methoxy groups -OCH3 is 1. The van der Waals surface area contributed by atoms with E-state index in [1.807, 2.05) is 48.2 Å². The first-order valence-electron chi connectivity index (χ1n) is 7.55. The number of hydrogen-bond acceptors (Lipinski definition) is 3. The first-order valence-corrected chi connectivity index (χ1v) is 9.04. The Labute approximate surface area is 134 Å². The second-order valence-electron chi connectivity index (χ2n) is 5.34. The third-order valence-corrected chi connectivity index (χ3v) is 4.99. The Morgan fingerprint density at radius 1 is 1.50 bits per heavy atom. The molecule has 1 fully saturated rings. The van der Waals surface area contributed by atoms with E-state index in [-0.39, 0.29) is 17.7 Å². The second kappa shape index (κ2) is 8.13. The summed E-state index contributed by atoms with van der Waals surface area (Å²) in [6.07, 6.45) is 5.62. The van der Waals surface area contributed by atoms with Crippen LogP contribution in [-0.4, -0.2) is 40.2 Å². The number of hydrogen-bond donors (Lipinski definition) is 0. The van der Waals surface area contributed by atoms with Gasteiger partial charge in [-0.05, 0) is 37.5 Å². The highest BCUT2D eigenvalue weighted by molar-refractivity contribution is 7.85. The number of ether oxygens (including phenoxy) is 1. The Kier molecular flexibility index (Phi) is 6.19. The Balaban J connectivity index is 2.06. The zero-order chi connectivity index (χ0) is 15.9. The lowest BCUT2D eigenvalue weighted by atomic mass is 10.0. The summed E-state index contributed by atoms with van der Waals surface area (Å²) in [5, 5.41) is 0. The predicted octanol–water partition coefficient (Wildman–Crippen LogP) is 2.68. The molecule has 1 heterocycles. The molecule has 1 aromatic rings. The molecular formula is C17H23NO3S. The minimum atomic E-state index is -1.13. The van der Waals surface area contributed by atoms with Gasteiger partial charge in [0.2, 0.25) is 5.91 Å². The number of nitrogens with zero attached hydrogens (tertiary/aromatic N) is 1. The molecule has 2 unspecified atom stereocenters. The van der Waals surface area contributed by atoms with Gasteiger partial charge in [-0.2, -0.15) is 0 Å². The van der Waals surface area contributed by atoms with Crippen LogP contribution in [0.25, 0.3) is 0 Å². The topological polar surface area (TPSA) is 46.6 Å². The number of likely N-dealkylation sites (tertiary alicyclic amines) is 1. The summed E-state index contributed by atoms with van der Waals surface area (Å²) in [4.78, 5) is 14.3. The number of amides is 1. The second-order valence-corrected chi connectivity index (χ2v) is 6.84. The molecule has 1 aliphatic heterocycles. The van der Waals surface area contributed by atoms with Gasteiger partial charge in [0, 0.05) is 23.1 Å². The van der Waals surface area contributed by atoms with Crippen LogP contribution in [0.2, 0.25) is 0 Å². The molecule has 0 radical (unpaired) electrons.